The number of carbonyl (C=O) groups is 1. The summed E-state index contributed by atoms with van der Waals surface area (Å²) in [6, 6.07) is -0.330. The van der Waals surface area contributed by atoms with Crippen molar-refractivity contribution in [3.63, 3.8) is 0 Å². The predicted octanol–water partition coefficient (Wildman–Crippen LogP) is 1.34. The molecule has 2 fully saturated rings. The Morgan fingerprint density at radius 3 is 3.00 bits per heavy atom. The summed E-state index contributed by atoms with van der Waals surface area (Å²) < 4.78 is 0. The molecular formula is C7H10N4O2. The van der Waals surface area contributed by atoms with Gasteiger partial charge in [0.05, 0.1) is 6.04 Å². The van der Waals surface area contributed by atoms with Gasteiger partial charge in [-0.05, 0) is 30.2 Å². The molecule has 0 radical (unpaired) electrons. The van der Waals surface area contributed by atoms with E-state index in [1.165, 1.54) is 0 Å². The largest absolute Gasteiger partial charge is 0.465 e. The van der Waals surface area contributed by atoms with Gasteiger partial charge in [-0.25, -0.2) is 4.79 Å². The maximum Gasteiger partial charge on any atom is 0.404 e. The van der Waals surface area contributed by atoms with E-state index in [1.807, 2.05) is 0 Å². The lowest BCUT2D eigenvalue weighted by molar-refractivity contribution is 0.187. The third-order valence-corrected chi connectivity index (χ3v) is 2.88. The highest BCUT2D eigenvalue weighted by Gasteiger charge is 2.53. The van der Waals surface area contributed by atoms with Gasteiger partial charge >= 0.3 is 6.09 Å². The van der Waals surface area contributed by atoms with Crippen LogP contribution in [0.5, 0.6) is 0 Å². The summed E-state index contributed by atoms with van der Waals surface area (Å²) in [6.45, 7) is 0. The molecule has 0 aromatic heterocycles. The van der Waals surface area contributed by atoms with Crippen LogP contribution in [-0.4, -0.2) is 23.3 Å². The number of azide groups is 1. The summed E-state index contributed by atoms with van der Waals surface area (Å²) in [6.07, 6.45) is 0.867. The topological polar surface area (TPSA) is 98.1 Å². The van der Waals surface area contributed by atoms with E-state index in [0.29, 0.717) is 11.8 Å². The standard InChI is InChI=1S/C7H10N4O2/c8-11-10-6-4-1-3(4)2-5(6)9-7(12)13/h3-6,9H,1-2H2,(H,12,13)/t3-,4-,5-,6+/m1/s1. The molecule has 0 heterocycles. The molecule has 6 heteroatoms. The van der Waals surface area contributed by atoms with Crippen molar-refractivity contribution in [3.05, 3.63) is 10.4 Å². The van der Waals surface area contributed by atoms with E-state index in [2.05, 4.69) is 15.3 Å². The molecule has 1 amide bonds. The third-order valence-electron chi connectivity index (χ3n) is 2.88. The first-order valence-electron chi connectivity index (χ1n) is 4.26. The number of fused-ring (bicyclic) bond motifs is 1. The Kier molecular flexibility index (Phi) is 1.77. The average molecular weight is 182 g/mol. The summed E-state index contributed by atoms with van der Waals surface area (Å²) >= 11 is 0. The number of amides is 1. The molecule has 2 N–H and O–H groups in total. The zero-order valence-corrected chi connectivity index (χ0v) is 6.92. The molecule has 2 aliphatic carbocycles. The summed E-state index contributed by atoms with van der Waals surface area (Å²) in [7, 11) is 0. The first-order chi connectivity index (χ1) is 6.22. The smallest absolute Gasteiger partial charge is 0.404 e. The third kappa shape index (κ3) is 1.40. The van der Waals surface area contributed by atoms with E-state index in [0.717, 1.165) is 12.8 Å². The summed E-state index contributed by atoms with van der Waals surface area (Å²) in [4.78, 5) is 13.1. The van der Waals surface area contributed by atoms with E-state index >= 15 is 0 Å². The second-order valence-electron chi connectivity index (χ2n) is 3.65. The molecule has 0 spiro atoms. The van der Waals surface area contributed by atoms with Crippen LogP contribution >= 0.6 is 0 Å². The van der Waals surface area contributed by atoms with Gasteiger partial charge in [-0.1, -0.05) is 5.11 Å². The van der Waals surface area contributed by atoms with E-state index < -0.39 is 6.09 Å². The molecule has 0 aromatic carbocycles. The Balaban J connectivity index is 2.03. The number of nitrogens with one attached hydrogen (secondary N) is 1. The number of carboxylic acid groups (broad SMARTS) is 1. The minimum Gasteiger partial charge on any atom is -0.465 e. The van der Waals surface area contributed by atoms with Crippen molar-refractivity contribution in [2.75, 3.05) is 0 Å². The van der Waals surface area contributed by atoms with Gasteiger partial charge in [0.1, 0.15) is 0 Å². The monoisotopic (exact) mass is 182 g/mol. The van der Waals surface area contributed by atoms with Crippen LogP contribution in [0.2, 0.25) is 0 Å². The summed E-state index contributed by atoms with van der Waals surface area (Å²) in [5.74, 6) is 1.00. The van der Waals surface area contributed by atoms with Crippen LogP contribution in [0.25, 0.3) is 10.4 Å². The lowest BCUT2D eigenvalue weighted by Crippen LogP contribution is -2.40. The van der Waals surface area contributed by atoms with Crippen LogP contribution in [0.4, 0.5) is 4.79 Å². The molecule has 0 unspecified atom stereocenters. The number of hydrogen-bond acceptors (Lipinski definition) is 2. The normalized spacial score (nSPS) is 40.3. The van der Waals surface area contributed by atoms with Gasteiger partial charge in [0.15, 0.2) is 0 Å². The van der Waals surface area contributed by atoms with Crippen molar-refractivity contribution in [1.29, 1.82) is 0 Å². The van der Waals surface area contributed by atoms with Gasteiger partial charge < -0.3 is 10.4 Å². The zero-order chi connectivity index (χ0) is 9.42. The van der Waals surface area contributed by atoms with Crippen molar-refractivity contribution in [2.24, 2.45) is 17.0 Å². The molecule has 70 valence electrons. The van der Waals surface area contributed by atoms with Gasteiger partial charge in [0.25, 0.3) is 0 Å². The number of rotatable bonds is 2. The molecule has 4 atom stereocenters. The van der Waals surface area contributed by atoms with Crippen molar-refractivity contribution >= 4 is 6.09 Å². The Bertz CT molecular complexity index is 286. The fraction of sp³-hybridized carbons (Fsp3) is 0.857. The van der Waals surface area contributed by atoms with Gasteiger partial charge in [-0.15, -0.1) is 0 Å². The molecule has 2 saturated carbocycles. The van der Waals surface area contributed by atoms with Crippen LogP contribution in [0, 0.1) is 11.8 Å². The Labute approximate surface area is 74.6 Å². The molecule has 0 bridgehead atoms. The quantitative estimate of drug-likeness (QED) is 0.382. The first-order valence-corrected chi connectivity index (χ1v) is 4.26. The Morgan fingerprint density at radius 1 is 1.62 bits per heavy atom. The van der Waals surface area contributed by atoms with E-state index in [1.54, 1.807) is 0 Å². The lowest BCUT2D eigenvalue weighted by atomic mass is 10.1. The van der Waals surface area contributed by atoms with E-state index in [-0.39, 0.29) is 12.1 Å². The van der Waals surface area contributed by atoms with Gasteiger partial charge in [0, 0.05) is 11.0 Å². The van der Waals surface area contributed by atoms with Gasteiger partial charge in [-0.2, -0.15) is 0 Å². The molecule has 0 aliphatic heterocycles. The van der Waals surface area contributed by atoms with Crippen LogP contribution in [0.15, 0.2) is 5.11 Å². The number of nitrogens with zero attached hydrogens (tertiary/aromatic N) is 3. The van der Waals surface area contributed by atoms with Crippen LogP contribution in [0.3, 0.4) is 0 Å². The second kappa shape index (κ2) is 2.81. The highest BCUT2D eigenvalue weighted by atomic mass is 16.4. The first kappa shape index (κ1) is 8.19. The van der Waals surface area contributed by atoms with Crippen LogP contribution < -0.4 is 5.32 Å². The molecule has 0 saturated heterocycles. The van der Waals surface area contributed by atoms with Crippen LogP contribution in [0.1, 0.15) is 12.8 Å². The molecular weight excluding hydrogens is 172 g/mol. The van der Waals surface area contributed by atoms with Crippen molar-refractivity contribution in [2.45, 2.75) is 24.9 Å². The van der Waals surface area contributed by atoms with Crippen LogP contribution in [-0.2, 0) is 0 Å². The van der Waals surface area contributed by atoms with E-state index in [9.17, 15) is 4.79 Å². The molecule has 0 aromatic rings. The molecule has 6 nitrogen and oxygen atoms in total. The molecule has 13 heavy (non-hydrogen) atoms. The SMILES string of the molecule is [N-]=[N+]=N[C@H]1[C@@H]2C[C@@H]2C[C@H]1NC(=O)O. The van der Waals surface area contributed by atoms with E-state index in [4.69, 9.17) is 10.6 Å². The predicted molar refractivity (Wildman–Crippen MR) is 44.1 cm³/mol. The Hall–Kier alpha value is -1.42. The maximum absolute atomic E-state index is 10.4. The van der Waals surface area contributed by atoms with Crippen molar-refractivity contribution < 1.29 is 9.90 Å². The second-order valence-corrected chi connectivity index (χ2v) is 3.65. The average Bonchev–Trinajstić information content (AvgIpc) is 2.72. The fourth-order valence-electron chi connectivity index (χ4n) is 2.25. The lowest BCUT2D eigenvalue weighted by Gasteiger charge is -2.17. The minimum absolute atomic E-state index is 0.161. The molecule has 2 rings (SSSR count). The number of hydrogen-bond donors (Lipinski definition) is 2. The van der Waals surface area contributed by atoms with Gasteiger partial charge in [0.2, 0.25) is 0 Å². The molecule has 2 aliphatic rings. The Morgan fingerprint density at radius 2 is 2.38 bits per heavy atom. The summed E-state index contributed by atoms with van der Waals surface area (Å²) in [5.41, 5.74) is 8.30. The highest BCUT2D eigenvalue weighted by molar-refractivity contribution is 5.65. The summed E-state index contributed by atoms with van der Waals surface area (Å²) in [5, 5.41) is 14.5. The van der Waals surface area contributed by atoms with Gasteiger partial charge in [-0.3, -0.25) is 0 Å². The minimum atomic E-state index is -1.04. The highest BCUT2D eigenvalue weighted by Crippen LogP contribution is 2.53. The zero-order valence-electron chi connectivity index (χ0n) is 6.92. The fourth-order valence-corrected chi connectivity index (χ4v) is 2.25. The van der Waals surface area contributed by atoms with Crippen molar-refractivity contribution in [3.8, 4) is 0 Å². The maximum atomic E-state index is 10.4. The van der Waals surface area contributed by atoms with Crippen molar-refractivity contribution in [1.82, 2.24) is 5.32 Å².